The van der Waals surface area contributed by atoms with Crippen molar-refractivity contribution in [1.29, 1.82) is 0 Å². The highest BCUT2D eigenvalue weighted by atomic mass is 16.7. The van der Waals surface area contributed by atoms with Gasteiger partial charge >= 0.3 is 17.8 Å². The number of primary amides is 1. The average molecular weight is 1330 g/mol. The van der Waals surface area contributed by atoms with E-state index >= 15 is 0 Å². The second-order valence-electron chi connectivity index (χ2n) is 26.2. The second kappa shape index (κ2) is 32.3. The summed E-state index contributed by atoms with van der Waals surface area (Å²) >= 11 is 0. The molecule has 25 heteroatoms. The number of hydrogen-bond acceptors (Lipinski definition) is 19. The van der Waals surface area contributed by atoms with Crippen LogP contribution in [0.2, 0.25) is 0 Å². The molecule has 0 radical (unpaired) electrons. The first-order chi connectivity index (χ1) is 45.3. The standard InChI is InChI=1S/C71H93N7O18/c1-15-91-31-28-53(81)76-57(37(2)3)50(80)34-46(20-17-29-73-70(72)89)69(88)74-47-23-21-45(22-24-47)36-78(12,13)30-33-92-48-25-26-49-52(35-48)95-66-58(75-49)54-55-62(84)43(9)65-56(54)67(86)71(11,96-65)93-32-27-51(90-14)40(6)64(94-44(10)79)42(8)61(83)41(7)60(82)38(4)18-16-19-39(5)68(87)77-59(66)63(55)85/h16,18-19,21-27,32,35,37-38,40-42,46,51,57,60-61,64,82-83H,15,17,20,28-31,33-34,36H2,1-14H3,(H6-,72,73,74,75,76,77,81,84,85,86,87,88,89)/p+1/b18-16+,32-27+,39-19-/t38-,40+,41+,42+,46+,51-,57-,60-,61+,64+,71-/m0/s1. The lowest BCUT2D eigenvalue weighted by molar-refractivity contribution is -0.903. The number of phenolic OH excluding ortho intramolecular Hbond substituents is 1. The van der Waals surface area contributed by atoms with Crippen LogP contribution in [0.4, 0.5) is 16.2 Å². The fourth-order valence-electron chi connectivity index (χ4n) is 12.2. The van der Waals surface area contributed by atoms with E-state index < -0.39 is 107 Å². The first kappa shape index (κ1) is 74.6. The number of aliphatic hydroxyl groups excluding tert-OH is 2. The third kappa shape index (κ3) is 17.8. The molecule has 7 rings (SSSR count). The van der Waals surface area contributed by atoms with Gasteiger partial charge in [0.05, 0.1) is 62.3 Å². The molecule has 520 valence electrons. The van der Waals surface area contributed by atoms with E-state index in [1.807, 2.05) is 47.0 Å². The van der Waals surface area contributed by atoms with Crippen molar-refractivity contribution >= 4 is 85.6 Å². The molecule has 0 aliphatic carbocycles. The predicted octanol–water partition coefficient (Wildman–Crippen LogP) is 8.18. The van der Waals surface area contributed by atoms with Crippen molar-refractivity contribution in [3.05, 3.63) is 106 Å². The first-order valence-electron chi connectivity index (χ1n) is 32.5. The molecule has 4 aromatic carbocycles. The van der Waals surface area contributed by atoms with Crippen LogP contribution in [0.15, 0.2) is 87.8 Å². The molecule has 2 aliphatic heterocycles. The lowest BCUT2D eigenvalue weighted by atomic mass is 9.78. The number of Topliss-reactive ketones (excluding diaryl/α,β-unsaturated/α-hetero) is 2. The number of anilines is 2. The molecule has 2 aliphatic rings. The molecule has 5 amide bonds. The van der Waals surface area contributed by atoms with Gasteiger partial charge in [-0.05, 0) is 69.9 Å². The van der Waals surface area contributed by atoms with Crippen molar-refractivity contribution < 1.29 is 86.2 Å². The molecule has 0 saturated carbocycles. The molecule has 11 atom stereocenters. The van der Waals surface area contributed by atoms with Gasteiger partial charge < -0.3 is 79.6 Å². The molecule has 25 nitrogen and oxygen atoms in total. The highest BCUT2D eigenvalue weighted by Gasteiger charge is 2.50. The monoisotopic (exact) mass is 1330 g/mol. The van der Waals surface area contributed by atoms with Gasteiger partial charge in [-0.25, -0.2) is 9.78 Å². The number of nitrogens with one attached hydrogen (secondary N) is 4. The van der Waals surface area contributed by atoms with Gasteiger partial charge in [0.15, 0.2) is 28.1 Å². The fourth-order valence-corrected chi connectivity index (χ4v) is 12.2. The third-order valence-corrected chi connectivity index (χ3v) is 18.0. The van der Waals surface area contributed by atoms with Crippen LogP contribution in [0.25, 0.3) is 33.0 Å². The van der Waals surface area contributed by atoms with Crippen molar-refractivity contribution in [2.45, 2.75) is 145 Å². The summed E-state index contributed by atoms with van der Waals surface area (Å²) in [7, 11) is 5.48. The van der Waals surface area contributed by atoms with Crippen LogP contribution in [-0.4, -0.2) is 156 Å². The van der Waals surface area contributed by atoms with E-state index in [0.29, 0.717) is 42.0 Å². The Hall–Kier alpha value is -8.75. The van der Waals surface area contributed by atoms with Crippen LogP contribution in [0.3, 0.4) is 0 Å². The summed E-state index contributed by atoms with van der Waals surface area (Å²) < 4.78 is 42.7. The third-order valence-electron chi connectivity index (χ3n) is 18.0. The lowest BCUT2D eigenvalue weighted by Crippen LogP contribution is -2.46. The number of ether oxygens (including phenoxy) is 6. The number of likely N-dealkylation sites (N-methyl/N-ethyl adjacent to an activating group) is 1. The second-order valence-corrected chi connectivity index (χ2v) is 26.2. The Bertz CT molecular complexity index is 3860. The van der Waals surface area contributed by atoms with Gasteiger partial charge in [-0.1, -0.05) is 71.9 Å². The zero-order valence-electron chi connectivity index (χ0n) is 57.3. The van der Waals surface area contributed by atoms with Gasteiger partial charge in [-0.15, -0.1) is 0 Å². The number of amides is 5. The Morgan fingerprint density at radius 2 is 1.64 bits per heavy atom. The number of quaternary nitrogens is 1. The Balaban J connectivity index is 1.15. The van der Waals surface area contributed by atoms with Gasteiger partial charge in [0.25, 0.3) is 11.7 Å². The maximum atomic E-state index is 15.0. The van der Waals surface area contributed by atoms with Crippen LogP contribution < -0.4 is 41.9 Å². The minimum atomic E-state index is -2.11. The van der Waals surface area contributed by atoms with Gasteiger partial charge in [0.2, 0.25) is 11.8 Å². The van der Waals surface area contributed by atoms with Gasteiger partial charge in [-0.2, -0.15) is 0 Å². The van der Waals surface area contributed by atoms with E-state index in [0.717, 1.165) is 5.56 Å². The van der Waals surface area contributed by atoms with E-state index in [4.69, 9.17) is 43.6 Å². The molecule has 5 bridgehead atoms. The molecule has 0 saturated heterocycles. The summed E-state index contributed by atoms with van der Waals surface area (Å²) in [5.74, 6) is -9.39. The Morgan fingerprint density at radius 1 is 0.927 bits per heavy atom. The first-order valence-corrected chi connectivity index (χ1v) is 32.5. The zero-order valence-corrected chi connectivity index (χ0v) is 57.3. The van der Waals surface area contributed by atoms with E-state index in [9.17, 15) is 53.7 Å². The summed E-state index contributed by atoms with van der Waals surface area (Å²) in [4.78, 5) is 113. The van der Waals surface area contributed by atoms with Crippen molar-refractivity contribution in [3.8, 4) is 17.2 Å². The number of methoxy groups -OCH3 is 1. The number of rotatable bonds is 23. The molecule has 5 aromatic rings. The van der Waals surface area contributed by atoms with Crippen molar-refractivity contribution in [2.24, 2.45) is 41.2 Å². The number of benzene rings is 4. The molecule has 1 aromatic heterocycles. The molecular formula is C71H94N7O18+. The Labute approximate surface area is 558 Å². The molecule has 0 spiro atoms. The van der Waals surface area contributed by atoms with Crippen LogP contribution in [0, 0.1) is 42.4 Å². The molecule has 3 heterocycles. The SMILES string of the molecule is CCOCCC(=O)N[C@H](C(=O)C[C@@H](CCCNC(N)=O)C(=O)Nc1ccc(C[N+](C)(C)CCOc2ccc3nc4c(oc3c2)c2c(O)c3c(=O)c(C)c5c(c34)C(=O)[C@@](C)(O/C=C/[C@H](OC)[C@@H](C)[C@@H](OC(C)=O)[C@H](C)[C@H](O)[C@H](C)[C@@H](O)[C@@H](C)/C=C/C=C(/C)C(=O)N2)O5)cc1)C(C)C. The summed E-state index contributed by atoms with van der Waals surface area (Å²) in [6.45, 7) is 20.0. The van der Waals surface area contributed by atoms with Crippen molar-refractivity contribution in [2.75, 3.05) is 64.7 Å². The molecule has 96 heavy (non-hydrogen) atoms. The maximum Gasteiger partial charge on any atom is 0.312 e. The Kier molecular flexibility index (Phi) is 25.1. The number of aromatic nitrogens is 1. The summed E-state index contributed by atoms with van der Waals surface area (Å²) in [6, 6.07) is 10.7. The number of carbonyl (C=O) groups excluding carboxylic acids is 7. The van der Waals surface area contributed by atoms with Crippen LogP contribution >= 0.6 is 0 Å². The number of aromatic hydroxyl groups is 1. The minimum Gasteiger partial charge on any atom is -0.505 e. The van der Waals surface area contributed by atoms with Gasteiger partial charge in [0.1, 0.15) is 54.0 Å². The van der Waals surface area contributed by atoms with Crippen LogP contribution in [-0.2, 0) is 49.5 Å². The molecule has 9 N–H and O–H groups in total. The van der Waals surface area contributed by atoms with E-state index in [2.05, 4.69) is 21.3 Å². The molecular weight excluding hydrogens is 1240 g/mol. The molecule has 0 fully saturated rings. The Morgan fingerprint density at radius 3 is 2.29 bits per heavy atom. The van der Waals surface area contributed by atoms with E-state index in [1.165, 1.54) is 53.2 Å². The smallest absolute Gasteiger partial charge is 0.312 e. The topological polar surface area (TPSA) is 353 Å². The number of nitrogens with zero attached hydrogens (tertiary/aromatic N) is 2. The predicted molar refractivity (Wildman–Crippen MR) is 361 cm³/mol. The van der Waals surface area contributed by atoms with Gasteiger partial charge in [0, 0.05) is 110 Å². The normalized spacial score (nSPS) is 23.7. The lowest BCUT2D eigenvalue weighted by Gasteiger charge is -2.38. The molecule has 0 unspecified atom stereocenters. The number of nitrogens with two attached hydrogens (primary N) is 1. The number of allylic oxidation sites excluding steroid dienone is 2. The average Bonchev–Trinajstić information content (AvgIpc) is 1.39. The van der Waals surface area contributed by atoms with E-state index in [1.54, 1.807) is 70.2 Å². The summed E-state index contributed by atoms with van der Waals surface area (Å²) in [5.41, 5.74) is 5.67. The van der Waals surface area contributed by atoms with Crippen LogP contribution in [0.5, 0.6) is 17.2 Å². The van der Waals surface area contributed by atoms with Crippen LogP contribution in [0.1, 0.15) is 116 Å². The summed E-state index contributed by atoms with van der Waals surface area (Å²) in [6.07, 6.45) is 3.91. The number of esters is 1. The minimum absolute atomic E-state index is 0.0520. The summed E-state index contributed by atoms with van der Waals surface area (Å²) in [5, 5.41) is 46.1. The fraction of sp³-hybridized carbons (Fsp3) is 0.507. The number of aliphatic hydroxyl groups is 2. The van der Waals surface area contributed by atoms with Crippen molar-refractivity contribution in [1.82, 2.24) is 15.6 Å². The highest BCUT2D eigenvalue weighted by Crippen LogP contribution is 2.49. The number of urea groups is 1. The zero-order chi connectivity index (χ0) is 70.7. The number of carbonyl (C=O) groups is 7. The number of ketones is 2. The number of phenols is 1. The maximum absolute atomic E-state index is 15.0. The van der Waals surface area contributed by atoms with Gasteiger partial charge in [-0.3, -0.25) is 33.6 Å². The number of hydrogen-bond donors (Lipinski definition) is 8. The quantitative estimate of drug-likeness (QED) is 0.00763. The van der Waals surface area contributed by atoms with Crippen molar-refractivity contribution in [3.63, 3.8) is 0 Å². The highest BCUT2D eigenvalue weighted by molar-refractivity contribution is 6.26. The van der Waals surface area contributed by atoms with E-state index in [-0.39, 0.29) is 118 Å². The number of fused-ring (bicyclic) bond motifs is 5. The largest absolute Gasteiger partial charge is 0.505 e.